The van der Waals surface area contributed by atoms with Crippen LogP contribution < -0.4 is 0 Å². The third-order valence-electron chi connectivity index (χ3n) is 1.53. The molecule has 0 aliphatic heterocycles. The Labute approximate surface area is 78.6 Å². The predicted octanol–water partition coefficient (Wildman–Crippen LogP) is 3.22. The lowest BCUT2D eigenvalue weighted by atomic mass is 9.89. The standard InChI is InChI=1S/C9H19BrO/c1-5-11-7-9(3,4)6-8(2)10/h8H,5-7H2,1-4H3. The molecular weight excluding hydrogens is 204 g/mol. The van der Waals surface area contributed by atoms with Crippen molar-refractivity contribution in [2.45, 2.75) is 38.9 Å². The summed E-state index contributed by atoms with van der Waals surface area (Å²) in [6.45, 7) is 10.4. The minimum absolute atomic E-state index is 0.304. The normalized spacial score (nSPS) is 15.0. The van der Waals surface area contributed by atoms with Crippen molar-refractivity contribution >= 4 is 15.9 Å². The summed E-state index contributed by atoms with van der Waals surface area (Å²) >= 11 is 3.55. The van der Waals surface area contributed by atoms with Crippen molar-refractivity contribution in [1.82, 2.24) is 0 Å². The maximum Gasteiger partial charge on any atom is 0.0517 e. The molecule has 0 N–H and O–H groups in total. The van der Waals surface area contributed by atoms with Crippen LogP contribution in [0.4, 0.5) is 0 Å². The average Bonchev–Trinajstić information content (AvgIpc) is 1.81. The maximum absolute atomic E-state index is 5.38. The summed E-state index contributed by atoms with van der Waals surface area (Å²) < 4.78 is 5.38. The van der Waals surface area contributed by atoms with E-state index in [9.17, 15) is 0 Å². The lowest BCUT2D eigenvalue weighted by Gasteiger charge is -2.25. The van der Waals surface area contributed by atoms with Gasteiger partial charge in [-0.25, -0.2) is 0 Å². The van der Waals surface area contributed by atoms with Gasteiger partial charge in [-0.15, -0.1) is 0 Å². The first-order valence-corrected chi connectivity index (χ1v) is 5.11. The summed E-state index contributed by atoms with van der Waals surface area (Å²) in [5, 5.41) is 0. The Morgan fingerprint density at radius 3 is 2.36 bits per heavy atom. The van der Waals surface area contributed by atoms with Crippen LogP contribution in [0.25, 0.3) is 0 Å². The predicted molar refractivity (Wildman–Crippen MR) is 53.3 cm³/mol. The summed E-state index contributed by atoms with van der Waals surface area (Å²) in [4.78, 5) is 0.581. The van der Waals surface area contributed by atoms with E-state index in [2.05, 4.69) is 36.7 Å². The summed E-state index contributed by atoms with van der Waals surface area (Å²) in [6, 6.07) is 0. The fraction of sp³-hybridized carbons (Fsp3) is 1.00. The number of hydrogen-bond acceptors (Lipinski definition) is 1. The van der Waals surface area contributed by atoms with Crippen molar-refractivity contribution < 1.29 is 4.74 Å². The summed E-state index contributed by atoms with van der Waals surface area (Å²) in [5.74, 6) is 0. The van der Waals surface area contributed by atoms with Crippen molar-refractivity contribution in [2.24, 2.45) is 5.41 Å². The Morgan fingerprint density at radius 1 is 1.45 bits per heavy atom. The minimum atomic E-state index is 0.304. The van der Waals surface area contributed by atoms with Crippen molar-refractivity contribution in [1.29, 1.82) is 0 Å². The van der Waals surface area contributed by atoms with Crippen molar-refractivity contribution in [3.63, 3.8) is 0 Å². The Morgan fingerprint density at radius 2 is 2.00 bits per heavy atom. The van der Waals surface area contributed by atoms with Gasteiger partial charge in [0.25, 0.3) is 0 Å². The SMILES string of the molecule is CCOCC(C)(C)CC(C)Br. The third-order valence-corrected chi connectivity index (χ3v) is 1.85. The molecule has 0 aliphatic carbocycles. The molecule has 0 saturated carbocycles. The molecule has 2 heteroatoms. The van der Waals surface area contributed by atoms with Gasteiger partial charge in [-0.05, 0) is 18.8 Å². The number of hydrogen-bond donors (Lipinski definition) is 0. The molecule has 68 valence electrons. The van der Waals surface area contributed by atoms with Crippen molar-refractivity contribution in [3.05, 3.63) is 0 Å². The van der Waals surface area contributed by atoms with Crippen LogP contribution in [-0.4, -0.2) is 18.0 Å². The number of ether oxygens (including phenoxy) is 1. The number of halogens is 1. The second-order valence-electron chi connectivity index (χ2n) is 3.79. The van der Waals surface area contributed by atoms with E-state index in [0.717, 1.165) is 19.6 Å². The molecular formula is C9H19BrO. The molecule has 0 amide bonds. The van der Waals surface area contributed by atoms with Crippen LogP contribution in [0.3, 0.4) is 0 Å². The smallest absolute Gasteiger partial charge is 0.0517 e. The van der Waals surface area contributed by atoms with Gasteiger partial charge in [0.1, 0.15) is 0 Å². The molecule has 0 aromatic heterocycles. The molecule has 1 nitrogen and oxygen atoms in total. The summed E-state index contributed by atoms with van der Waals surface area (Å²) in [5.41, 5.74) is 0.304. The van der Waals surface area contributed by atoms with Gasteiger partial charge in [0.15, 0.2) is 0 Å². The average molecular weight is 223 g/mol. The minimum Gasteiger partial charge on any atom is -0.381 e. The quantitative estimate of drug-likeness (QED) is 0.650. The molecule has 0 rings (SSSR count). The van der Waals surface area contributed by atoms with E-state index in [4.69, 9.17) is 4.74 Å². The highest BCUT2D eigenvalue weighted by atomic mass is 79.9. The third kappa shape index (κ3) is 6.82. The van der Waals surface area contributed by atoms with Crippen LogP contribution >= 0.6 is 15.9 Å². The lowest BCUT2D eigenvalue weighted by Crippen LogP contribution is -2.22. The molecule has 0 bridgehead atoms. The van der Waals surface area contributed by atoms with Gasteiger partial charge in [-0.2, -0.15) is 0 Å². The van der Waals surface area contributed by atoms with Crippen LogP contribution in [0.2, 0.25) is 0 Å². The molecule has 0 aromatic rings. The zero-order valence-corrected chi connectivity index (χ0v) is 9.57. The van der Waals surface area contributed by atoms with Gasteiger partial charge in [-0.3, -0.25) is 0 Å². The van der Waals surface area contributed by atoms with E-state index in [1.54, 1.807) is 0 Å². The Hall–Kier alpha value is 0.440. The molecule has 0 radical (unpaired) electrons. The topological polar surface area (TPSA) is 9.23 Å². The molecule has 0 fully saturated rings. The van der Waals surface area contributed by atoms with E-state index in [-0.39, 0.29) is 0 Å². The van der Waals surface area contributed by atoms with E-state index >= 15 is 0 Å². The molecule has 1 atom stereocenters. The van der Waals surface area contributed by atoms with Crippen LogP contribution in [-0.2, 0) is 4.74 Å². The monoisotopic (exact) mass is 222 g/mol. The molecule has 0 aliphatic rings. The fourth-order valence-electron chi connectivity index (χ4n) is 1.20. The van der Waals surface area contributed by atoms with Crippen LogP contribution in [0.1, 0.15) is 34.1 Å². The highest BCUT2D eigenvalue weighted by Crippen LogP contribution is 2.25. The molecule has 0 aromatic carbocycles. The summed E-state index contributed by atoms with van der Waals surface area (Å²) in [6.07, 6.45) is 1.16. The summed E-state index contributed by atoms with van der Waals surface area (Å²) in [7, 11) is 0. The van der Waals surface area contributed by atoms with E-state index in [1.165, 1.54) is 0 Å². The maximum atomic E-state index is 5.38. The van der Waals surface area contributed by atoms with E-state index in [1.807, 2.05) is 6.92 Å². The van der Waals surface area contributed by atoms with Gasteiger partial charge < -0.3 is 4.74 Å². The lowest BCUT2D eigenvalue weighted by molar-refractivity contribution is 0.0667. The molecule has 11 heavy (non-hydrogen) atoms. The van der Waals surface area contributed by atoms with Crippen LogP contribution in [0, 0.1) is 5.41 Å². The van der Waals surface area contributed by atoms with Crippen LogP contribution in [0.5, 0.6) is 0 Å². The Balaban J connectivity index is 3.61. The van der Waals surface area contributed by atoms with Crippen molar-refractivity contribution in [2.75, 3.05) is 13.2 Å². The van der Waals surface area contributed by atoms with Gasteiger partial charge in [0, 0.05) is 11.4 Å². The first-order valence-electron chi connectivity index (χ1n) is 4.20. The zero-order valence-electron chi connectivity index (χ0n) is 7.98. The fourth-order valence-corrected chi connectivity index (χ4v) is 2.08. The Kier molecular flexibility index (Phi) is 5.36. The second-order valence-corrected chi connectivity index (χ2v) is 5.35. The zero-order chi connectivity index (χ0) is 8.91. The first-order chi connectivity index (χ1) is 4.98. The largest absolute Gasteiger partial charge is 0.381 e. The molecule has 0 heterocycles. The number of rotatable bonds is 5. The van der Waals surface area contributed by atoms with Gasteiger partial charge in [0.05, 0.1) is 6.61 Å². The molecule has 0 spiro atoms. The Bertz CT molecular complexity index is 99.7. The van der Waals surface area contributed by atoms with Gasteiger partial charge in [0.2, 0.25) is 0 Å². The van der Waals surface area contributed by atoms with Crippen molar-refractivity contribution in [3.8, 4) is 0 Å². The second kappa shape index (κ2) is 5.15. The molecule has 0 saturated heterocycles. The molecule has 1 unspecified atom stereocenters. The van der Waals surface area contributed by atoms with E-state index in [0.29, 0.717) is 10.2 Å². The van der Waals surface area contributed by atoms with Gasteiger partial charge >= 0.3 is 0 Å². The highest BCUT2D eigenvalue weighted by molar-refractivity contribution is 9.09. The van der Waals surface area contributed by atoms with Gasteiger partial charge in [-0.1, -0.05) is 36.7 Å². The number of alkyl halides is 1. The highest BCUT2D eigenvalue weighted by Gasteiger charge is 2.19. The van der Waals surface area contributed by atoms with Crippen LogP contribution in [0.15, 0.2) is 0 Å². The van der Waals surface area contributed by atoms with E-state index < -0.39 is 0 Å². The first kappa shape index (κ1) is 11.4.